The Balaban J connectivity index is 1.47. The molecule has 5 nitrogen and oxygen atoms in total. The van der Waals surface area contributed by atoms with Gasteiger partial charge < -0.3 is 14.7 Å². The van der Waals surface area contributed by atoms with E-state index in [0.717, 1.165) is 44.0 Å². The first-order valence-electron chi connectivity index (χ1n) is 9.85. The van der Waals surface area contributed by atoms with Crippen LogP contribution in [0, 0.1) is 11.3 Å². The lowest BCUT2D eigenvalue weighted by atomic mass is 9.78. The van der Waals surface area contributed by atoms with Crippen LogP contribution in [0.4, 0.5) is 5.69 Å². The second-order valence-corrected chi connectivity index (χ2v) is 8.50. The highest BCUT2D eigenvalue weighted by molar-refractivity contribution is 5.96. The van der Waals surface area contributed by atoms with Gasteiger partial charge in [0.25, 0.3) is 5.91 Å². The van der Waals surface area contributed by atoms with Crippen LogP contribution in [0.25, 0.3) is 0 Å². The van der Waals surface area contributed by atoms with Gasteiger partial charge >= 0.3 is 0 Å². The van der Waals surface area contributed by atoms with E-state index in [1.807, 2.05) is 48.2 Å². The molecule has 0 radical (unpaired) electrons. The van der Waals surface area contributed by atoms with Crippen LogP contribution in [-0.2, 0) is 4.79 Å². The van der Waals surface area contributed by atoms with Gasteiger partial charge in [0.15, 0.2) is 0 Å². The van der Waals surface area contributed by atoms with Crippen molar-refractivity contribution < 1.29 is 9.59 Å². The summed E-state index contributed by atoms with van der Waals surface area (Å²) >= 11 is 0. The molecule has 26 heavy (non-hydrogen) atoms. The lowest BCUT2D eigenvalue weighted by molar-refractivity contribution is -0.145. The normalized spacial score (nSPS) is 25.8. The summed E-state index contributed by atoms with van der Waals surface area (Å²) in [5.74, 6) is 1.08. The van der Waals surface area contributed by atoms with Crippen molar-refractivity contribution >= 4 is 17.5 Å². The van der Waals surface area contributed by atoms with Gasteiger partial charge in [-0.05, 0) is 56.2 Å². The molecule has 1 aromatic carbocycles. The standard InChI is InChI=1S/C21H29N3O2/c1-22(2)18-6-3-5-17(13-18)19(25)24-12-10-21(15-24)9-4-11-23(20(21)26)14-16-7-8-16/h3,5-6,13,16H,4,7-12,14-15H2,1-2H3/t21-/m1/s1. The molecule has 4 rings (SSSR count). The van der Waals surface area contributed by atoms with Crippen LogP contribution in [0.2, 0.25) is 0 Å². The highest BCUT2D eigenvalue weighted by Gasteiger charge is 2.50. The van der Waals surface area contributed by atoms with Crippen molar-refractivity contribution in [2.75, 3.05) is 45.2 Å². The van der Waals surface area contributed by atoms with E-state index in [2.05, 4.69) is 4.90 Å². The highest BCUT2D eigenvalue weighted by Crippen LogP contribution is 2.42. The molecule has 140 valence electrons. The Bertz CT molecular complexity index is 713. The molecule has 1 aliphatic carbocycles. The quantitative estimate of drug-likeness (QED) is 0.834. The average molecular weight is 355 g/mol. The monoisotopic (exact) mass is 355 g/mol. The van der Waals surface area contributed by atoms with E-state index in [-0.39, 0.29) is 11.3 Å². The minimum atomic E-state index is -0.331. The molecule has 3 aliphatic rings. The second-order valence-electron chi connectivity index (χ2n) is 8.50. The number of anilines is 1. The molecule has 0 N–H and O–H groups in total. The zero-order chi connectivity index (χ0) is 18.3. The van der Waals surface area contributed by atoms with E-state index in [1.165, 1.54) is 12.8 Å². The highest BCUT2D eigenvalue weighted by atomic mass is 16.2. The van der Waals surface area contributed by atoms with Gasteiger partial charge in [0.1, 0.15) is 0 Å². The van der Waals surface area contributed by atoms with Crippen LogP contribution in [-0.4, -0.2) is 61.9 Å². The SMILES string of the molecule is CN(C)c1cccc(C(=O)N2CC[C@]3(CCCN(CC4CC4)C3=O)C2)c1. The summed E-state index contributed by atoms with van der Waals surface area (Å²) in [6.45, 7) is 3.10. The Kier molecular flexibility index (Phi) is 4.41. The Morgan fingerprint density at radius 3 is 2.77 bits per heavy atom. The number of nitrogens with zero attached hydrogens (tertiary/aromatic N) is 3. The van der Waals surface area contributed by atoms with E-state index < -0.39 is 0 Å². The third-order valence-corrected chi connectivity index (χ3v) is 6.25. The Labute approximate surface area is 155 Å². The molecule has 3 fully saturated rings. The number of piperidine rings is 1. The van der Waals surface area contributed by atoms with Gasteiger partial charge in [-0.1, -0.05) is 6.07 Å². The number of carbonyl (C=O) groups excluding carboxylic acids is 2. The van der Waals surface area contributed by atoms with E-state index in [9.17, 15) is 9.59 Å². The van der Waals surface area contributed by atoms with E-state index in [1.54, 1.807) is 0 Å². The van der Waals surface area contributed by atoms with Crippen LogP contribution >= 0.6 is 0 Å². The van der Waals surface area contributed by atoms with Crippen molar-refractivity contribution in [3.63, 3.8) is 0 Å². The molecule has 2 aliphatic heterocycles. The maximum Gasteiger partial charge on any atom is 0.253 e. The zero-order valence-corrected chi connectivity index (χ0v) is 15.9. The summed E-state index contributed by atoms with van der Waals surface area (Å²) < 4.78 is 0. The van der Waals surface area contributed by atoms with Crippen molar-refractivity contribution in [3.8, 4) is 0 Å². The fourth-order valence-electron chi connectivity index (χ4n) is 4.46. The summed E-state index contributed by atoms with van der Waals surface area (Å²) in [5.41, 5.74) is 1.41. The first-order valence-corrected chi connectivity index (χ1v) is 9.85. The topological polar surface area (TPSA) is 43.9 Å². The molecule has 1 atom stereocenters. The maximum absolute atomic E-state index is 13.1. The summed E-state index contributed by atoms with van der Waals surface area (Å²) in [6.07, 6.45) is 5.34. The Hall–Kier alpha value is -2.04. The number of benzene rings is 1. The van der Waals surface area contributed by atoms with Gasteiger partial charge in [-0.15, -0.1) is 0 Å². The predicted octanol–water partition coefficient (Wildman–Crippen LogP) is 2.62. The smallest absolute Gasteiger partial charge is 0.253 e. The molecule has 2 amide bonds. The number of rotatable bonds is 4. The first kappa shape index (κ1) is 17.4. The van der Waals surface area contributed by atoms with Crippen LogP contribution in [0.1, 0.15) is 42.5 Å². The summed E-state index contributed by atoms with van der Waals surface area (Å²) in [5, 5.41) is 0. The summed E-state index contributed by atoms with van der Waals surface area (Å²) in [6, 6.07) is 7.75. The number of amides is 2. The molecule has 1 aromatic rings. The molecule has 1 saturated carbocycles. The van der Waals surface area contributed by atoms with Crippen molar-refractivity contribution in [1.82, 2.24) is 9.80 Å². The molecule has 0 aromatic heterocycles. The minimum absolute atomic E-state index is 0.0534. The largest absolute Gasteiger partial charge is 0.378 e. The molecule has 1 spiro atoms. The third kappa shape index (κ3) is 3.19. The molecule has 5 heteroatoms. The van der Waals surface area contributed by atoms with Crippen LogP contribution in [0.5, 0.6) is 0 Å². The zero-order valence-electron chi connectivity index (χ0n) is 15.9. The molecule has 2 heterocycles. The lowest BCUT2D eigenvalue weighted by Crippen LogP contribution is -2.50. The minimum Gasteiger partial charge on any atom is -0.378 e. The van der Waals surface area contributed by atoms with Gasteiger partial charge in [-0.2, -0.15) is 0 Å². The average Bonchev–Trinajstić information content (AvgIpc) is 3.36. The Morgan fingerprint density at radius 2 is 2.04 bits per heavy atom. The summed E-state index contributed by atoms with van der Waals surface area (Å²) in [7, 11) is 3.95. The second kappa shape index (κ2) is 6.60. The van der Waals surface area contributed by atoms with E-state index >= 15 is 0 Å². The molecular formula is C21H29N3O2. The molecular weight excluding hydrogens is 326 g/mol. The number of carbonyl (C=O) groups is 2. The first-order chi connectivity index (χ1) is 12.5. The van der Waals surface area contributed by atoms with E-state index in [4.69, 9.17) is 0 Å². The predicted molar refractivity (Wildman–Crippen MR) is 102 cm³/mol. The molecule has 2 saturated heterocycles. The fourth-order valence-corrected chi connectivity index (χ4v) is 4.46. The number of hydrogen-bond donors (Lipinski definition) is 0. The molecule has 0 bridgehead atoms. The molecule has 0 unspecified atom stereocenters. The van der Waals surface area contributed by atoms with Gasteiger partial charge in [-0.3, -0.25) is 9.59 Å². The van der Waals surface area contributed by atoms with Gasteiger partial charge in [0.05, 0.1) is 5.41 Å². The third-order valence-electron chi connectivity index (χ3n) is 6.25. The van der Waals surface area contributed by atoms with E-state index in [0.29, 0.717) is 24.6 Å². The van der Waals surface area contributed by atoms with Gasteiger partial charge in [0, 0.05) is 51.5 Å². The van der Waals surface area contributed by atoms with Gasteiger partial charge in [-0.25, -0.2) is 0 Å². The Morgan fingerprint density at radius 1 is 1.23 bits per heavy atom. The lowest BCUT2D eigenvalue weighted by Gasteiger charge is -2.39. The van der Waals surface area contributed by atoms with Crippen molar-refractivity contribution in [1.29, 1.82) is 0 Å². The van der Waals surface area contributed by atoms with Crippen LogP contribution in [0.3, 0.4) is 0 Å². The maximum atomic E-state index is 13.1. The van der Waals surface area contributed by atoms with Gasteiger partial charge in [0.2, 0.25) is 5.91 Å². The summed E-state index contributed by atoms with van der Waals surface area (Å²) in [4.78, 5) is 32.1. The van der Waals surface area contributed by atoms with Crippen molar-refractivity contribution in [3.05, 3.63) is 29.8 Å². The van der Waals surface area contributed by atoms with Crippen LogP contribution < -0.4 is 4.90 Å². The van der Waals surface area contributed by atoms with Crippen molar-refractivity contribution in [2.24, 2.45) is 11.3 Å². The number of hydrogen-bond acceptors (Lipinski definition) is 3. The van der Waals surface area contributed by atoms with Crippen molar-refractivity contribution in [2.45, 2.75) is 32.1 Å². The number of likely N-dealkylation sites (tertiary alicyclic amines) is 2. The fraction of sp³-hybridized carbons (Fsp3) is 0.619. The van der Waals surface area contributed by atoms with Crippen LogP contribution in [0.15, 0.2) is 24.3 Å².